The van der Waals surface area contributed by atoms with E-state index in [4.69, 9.17) is 9.47 Å². The number of rotatable bonds is 5. The van der Waals surface area contributed by atoms with Crippen LogP contribution in [0.2, 0.25) is 0 Å². The van der Waals surface area contributed by atoms with E-state index in [-0.39, 0.29) is 24.8 Å². The van der Waals surface area contributed by atoms with Crippen LogP contribution in [0.1, 0.15) is 30.0 Å². The average Bonchev–Trinajstić information content (AvgIpc) is 3.32. The Bertz CT molecular complexity index is 842. The summed E-state index contributed by atoms with van der Waals surface area (Å²) >= 11 is 0. The van der Waals surface area contributed by atoms with E-state index in [1.54, 1.807) is 6.07 Å². The molecular formula is C17H17N3O4. The molecule has 1 amide bonds. The molecule has 24 heavy (non-hydrogen) atoms. The van der Waals surface area contributed by atoms with Crippen molar-refractivity contribution in [3.05, 3.63) is 51.9 Å². The number of carbonyl (C=O) groups is 1. The lowest BCUT2D eigenvalue weighted by Crippen LogP contribution is -2.33. The Morgan fingerprint density at radius 2 is 2.04 bits per heavy atom. The van der Waals surface area contributed by atoms with Crippen molar-refractivity contribution in [2.45, 2.75) is 31.8 Å². The third-order valence-corrected chi connectivity index (χ3v) is 4.10. The number of carbonyl (C=O) groups excluding carboxylic acids is 1. The molecule has 0 saturated heterocycles. The summed E-state index contributed by atoms with van der Waals surface area (Å²) in [6, 6.07) is 8.74. The minimum atomic E-state index is -0.266. The third-order valence-electron chi connectivity index (χ3n) is 4.10. The normalized spacial score (nSPS) is 15.3. The van der Waals surface area contributed by atoms with Gasteiger partial charge in [0.25, 0.3) is 5.56 Å². The molecule has 1 fully saturated rings. The van der Waals surface area contributed by atoms with Crippen LogP contribution >= 0.6 is 0 Å². The SMILES string of the molecule is O=C(Cn1nc(C2CC2)ccc1=O)NCc1ccc2c(c1)OCO2. The lowest BCUT2D eigenvalue weighted by atomic mass is 10.2. The average molecular weight is 327 g/mol. The summed E-state index contributed by atoms with van der Waals surface area (Å²) < 4.78 is 11.8. The molecule has 0 bridgehead atoms. The Labute approximate surface area is 138 Å². The molecule has 1 saturated carbocycles. The summed E-state index contributed by atoms with van der Waals surface area (Å²) in [5.74, 6) is 1.57. The molecule has 2 aliphatic rings. The van der Waals surface area contributed by atoms with Crippen LogP contribution in [0.4, 0.5) is 0 Å². The van der Waals surface area contributed by atoms with Crippen molar-refractivity contribution in [1.82, 2.24) is 15.1 Å². The Balaban J connectivity index is 1.38. The van der Waals surface area contributed by atoms with Gasteiger partial charge in [-0.3, -0.25) is 9.59 Å². The largest absolute Gasteiger partial charge is 0.454 e. The Hall–Kier alpha value is -2.83. The summed E-state index contributed by atoms with van der Waals surface area (Å²) in [5.41, 5.74) is 1.52. The highest BCUT2D eigenvalue weighted by Gasteiger charge is 2.25. The van der Waals surface area contributed by atoms with E-state index in [2.05, 4.69) is 10.4 Å². The zero-order chi connectivity index (χ0) is 16.5. The summed E-state index contributed by atoms with van der Waals surface area (Å²) in [4.78, 5) is 23.9. The van der Waals surface area contributed by atoms with Gasteiger partial charge in [-0.2, -0.15) is 5.10 Å². The smallest absolute Gasteiger partial charge is 0.267 e. The number of ether oxygens (including phenoxy) is 2. The third kappa shape index (κ3) is 3.10. The first-order valence-corrected chi connectivity index (χ1v) is 7.92. The number of benzene rings is 1. The van der Waals surface area contributed by atoms with Gasteiger partial charge in [0.2, 0.25) is 12.7 Å². The summed E-state index contributed by atoms with van der Waals surface area (Å²) in [5, 5.41) is 7.08. The maximum absolute atomic E-state index is 12.1. The molecule has 1 N–H and O–H groups in total. The van der Waals surface area contributed by atoms with E-state index in [9.17, 15) is 9.59 Å². The minimum absolute atomic E-state index is 0.0794. The second-order valence-electron chi connectivity index (χ2n) is 5.99. The highest BCUT2D eigenvalue weighted by atomic mass is 16.7. The van der Waals surface area contributed by atoms with Gasteiger partial charge in [0.1, 0.15) is 6.54 Å². The van der Waals surface area contributed by atoms with Crippen molar-refractivity contribution in [3.63, 3.8) is 0 Å². The molecule has 7 heteroatoms. The molecule has 2 heterocycles. The van der Waals surface area contributed by atoms with E-state index >= 15 is 0 Å². The van der Waals surface area contributed by atoms with Crippen molar-refractivity contribution in [1.29, 1.82) is 0 Å². The Kier molecular flexibility index (Phi) is 3.68. The van der Waals surface area contributed by atoms with Gasteiger partial charge in [0.05, 0.1) is 5.69 Å². The Morgan fingerprint density at radius 1 is 1.21 bits per heavy atom. The second-order valence-corrected chi connectivity index (χ2v) is 5.99. The van der Waals surface area contributed by atoms with E-state index in [1.165, 1.54) is 10.7 Å². The van der Waals surface area contributed by atoms with Crippen LogP contribution < -0.4 is 20.3 Å². The van der Waals surface area contributed by atoms with E-state index in [1.807, 2.05) is 18.2 Å². The number of nitrogens with one attached hydrogen (secondary N) is 1. The molecule has 1 aromatic heterocycles. The highest BCUT2D eigenvalue weighted by molar-refractivity contribution is 5.75. The monoisotopic (exact) mass is 327 g/mol. The highest BCUT2D eigenvalue weighted by Crippen LogP contribution is 2.38. The molecule has 1 aliphatic carbocycles. The summed E-state index contributed by atoms with van der Waals surface area (Å²) in [7, 11) is 0. The standard InChI is InChI=1S/C17H17N3O4/c21-16(9-20-17(22)6-4-13(19-20)12-2-3-12)18-8-11-1-5-14-15(7-11)24-10-23-14/h1,4-7,12H,2-3,8-10H2,(H,18,21). The van der Waals surface area contributed by atoms with Crippen LogP contribution in [0.5, 0.6) is 11.5 Å². The van der Waals surface area contributed by atoms with E-state index in [0.29, 0.717) is 24.0 Å². The van der Waals surface area contributed by atoms with Crippen LogP contribution in [0.3, 0.4) is 0 Å². The minimum Gasteiger partial charge on any atom is -0.454 e. The van der Waals surface area contributed by atoms with Crippen molar-refractivity contribution in [3.8, 4) is 11.5 Å². The molecule has 0 unspecified atom stereocenters. The molecule has 1 aliphatic heterocycles. The number of nitrogens with zero attached hydrogens (tertiary/aromatic N) is 2. The zero-order valence-corrected chi connectivity index (χ0v) is 13.0. The molecular weight excluding hydrogens is 310 g/mol. The maximum Gasteiger partial charge on any atom is 0.267 e. The molecule has 124 valence electrons. The second kappa shape index (κ2) is 5.99. The van der Waals surface area contributed by atoms with E-state index < -0.39 is 0 Å². The van der Waals surface area contributed by atoms with Gasteiger partial charge >= 0.3 is 0 Å². The first-order valence-electron chi connectivity index (χ1n) is 7.92. The first kappa shape index (κ1) is 14.7. The fraction of sp³-hybridized carbons (Fsp3) is 0.353. The van der Waals surface area contributed by atoms with Gasteiger partial charge in [0, 0.05) is 18.5 Å². The van der Waals surface area contributed by atoms with Gasteiger partial charge in [-0.15, -0.1) is 0 Å². The first-order chi connectivity index (χ1) is 11.7. The van der Waals surface area contributed by atoms with Gasteiger partial charge < -0.3 is 14.8 Å². The number of hydrogen-bond donors (Lipinski definition) is 1. The fourth-order valence-corrected chi connectivity index (χ4v) is 2.62. The van der Waals surface area contributed by atoms with Crippen molar-refractivity contribution < 1.29 is 14.3 Å². The van der Waals surface area contributed by atoms with E-state index in [0.717, 1.165) is 24.1 Å². The molecule has 4 rings (SSSR count). The lowest BCUT2D eigenvalue weighted by Gasteiger charge is -2.08. The zero-order valence-electron chi connectivity index (χ0n) is 13.0. The van der Waals surface area contributed by atoms with Crippen molar-refractivity contribution in [2.75, 3.05) is 6.79 Å². The molecule has 1 aromatic carbocycles. The van der Waals surface area contributed by atoms with Gasteiger partial charge in [-0.05, 0) is 36.6 Å². The maximum atomic E-state index is 12.1. The molecule has 0 spiro atoms. The topological polar surface area (TPSA) is 82.5 Å². The van der Waals surface area contributed by atoms with Crippen LogP contribution in [0.15, 0.2) is 35.1 Å². The molecule has 2 aromatic rings. The summed E-state index contributed by atoms with van der Waals surface area (Å²) in [6.07, 6.45) is 2.20. The molecule has 0 radical (unpaired) electrons. The van der Waals surface area contributed by atoms with Gasteiger partial charge in [-0.25, -0.2) is 4.68 Å². The fourth-order valence-electron chi connectivity index (χ4n) is 2.62. The number of aromatic nitrogens is 2. The Morgan fingerprint density at radius 3 is 2.88 bits per heavy atom. The predicted molar refractivity (Wildman–Crippen MR) is 84.9 cm³/mol. The predicted octanol–water partition coefficient (Wildman–Crippen LogP) is 1.17. The summed E-state index contributed by atoms with van der Waals surface area (Å²) in [6.45, 7) is 0.494. The lowest BCUT2D eigenvalue weighted by molar-refractivity contribution is -0.122. The van der Waals surface area contributed by atoms with Crippen LogP contribution in [-0.2, 0) is 17.9 Å². The number of fused-ring (bicyclic) bond motifs is 1. The van der Waals surface area contributed by atoms with Crippen LogP contribution in [-0.4, -0.2) is 22.5 Å². The van der Waals surface area contributed by atoms with Crippen molar-refractivity contribution >= 4 is 5.91 Å². The van der Waals surface area contributed by atoms with Crippen LogP contribution in [0.25, 0.3) is 0 Å². The van der Waals surface area contributed by atoms with Gasteiger partial charge in [0.15, 0.2) is 11.5 Å². The molecule has 7 nitrogen and oxygen atoms in total. The van der Waals surface area contributed by atoms with Crippen LogP contribution in [0, 0.1) is 0 Å². The number of hydrogen-bond acceptors (Lipinski definition) is 5. The van der Waals surface area contributed by atoms with Gasteiger partial charge in [-0.1, -0.05) is 6.07 Å². The van der Waals surface area contributed by atoms with Crippen molar-refractivity contribution in [2.24, 2.45) is 0 Å². The quantitative estimate of drug-likeness (QED) is 0.891. The molecule has 0 atom stereocenters. The number of amides is 1.